The van der Waals surface area contributed by atoms with Crippen molar-refractivity contribution in [1.29, 1.82) is 0 Å². The zero-order valence-electron chi connectivity index (χ0n) is 17.8. The summed E-state index contributed by atoms with van der Waals surface area (Å²) in [6.45, 7) is 8.12. The van der Waals surface area contributed by atoms with Crippen molar-refractivity contribution in [1.82, 2.24) is 0 Å². The average Bonchev–Trinajstić information content (AvgIpc) is 2.66. The third-order valence-electron chi connectivity index (χ3n) is 6.16. The fourth-order valence-corrected chi connectivity index (χ4v) is 4.94. The lowest BCUT2D eigenvalue weighted by molar-refractivity contribution is -0.146. The van der Waals surface area contributed by atoms with Gasteiger partial charge in [-0.15, -0.1) is 0 Å². The number of unbranched alkanes of at least 4 members (excludes halogenated alkanes) is 2. The van der Waals surface area contributed by atoms with Crippen LogP contribution in [0.3, 0.4) is 0 Å². The van der Waals surface area contributed by atoms with Crippen LogP contribution in [-0.2, 0) is 9.36 Å². The predicted molar refractivity (Wildman–Crippen MR) is 115 cm³/mol. The smallest absolute Gasteiger partial charge is 0.307 e. The van der Waals surface area contributed by atoms with Crippen molar-refractivity contribution < 1.29 is 19.3 Å². The standard InChI is InChI=1S/C23H34O3.HOP/c1-5-6-8-11-19(22(25)26)23(12-9-7-10-13-23)21(24)20-17(3)14-16(2)15-18(20)4;1-2/h14-15,19H,5-13H2,1-4H3,(H,25,26);2H. The molecule has 4 nitrogen and oxygen atoms in total. The van der Waals surface area contributed by atoms with Crippen molar-refractivity contribution in [3.63, 3.8) is 0 Å². The number of hydrogen-bond acceptors (Lipinski definition) is 3. The van der Waals surface area contributed by atoms with Crippen LogP contribution in [0, 0.1) is 32.1 Å². The molecule has 28 heavy (non-hydrogen) atoms. The van der Waals surface area contributed by atoms with Gasteiger partial charge in [-0.3, -0.25) is 14.2 Å². The summed E-state index contributed by atoms with van der Waals surface area (Å²) in [5, 5.41) is 10.0. The van der Waals surface area contributed by atoms with E-state index in [0.717, 1.165) is 60.8 Å². The number of rotatable bonds is 8. The monoisotopic (exact) mass is 406 g/mol. The molecule has 1 aromatic rings. The molecule has 1 aliphatic carbocycles. The number of benzene rings is 1. The summed E-state index contributed by atoms with van der Waals surface area (Å²) in [5.74, 6) is -1.28. The van der Waals surface area contributed by atoms with Gasteiger partial charge in [-0.2, -0.15) is 0 Å². The van der Waals surface area contributed by atoms with Crippen LogP contribution in [-0.4, -0.2) is 16.9 Å². The summed E-state index contributed by atoms with van der Waals surface area (Å²) in [6.07, 6.45) is 8.00. The number of carbonyl (C=O) groups is 2. The van der Waals surface area contributed by atoms with Crippen LogP contribution in [0.15, 0.2) is 12.1 Å². The number of Topliss-reactive ketones (excluding diaryl/α,β-unsaturated/α-hetero) is 1. The van der Waals surface area contributed by atoms with E-state index in [1.54, 1.807) is 9.12 Å². The van der Waals surface area contributed by atoms with Gasteiger partial charge in [0.25, 0.3) is 0 Å². The maximum Gasteiger partial charge on any atom is 0.307 e. The highest BCUT2D eigenvalue weighted by Crippen LogP contribution is 2.48. The van der Waals surface area contributed by atoms with Crippen molar-refractivity contribution >= 4 is 20.9 Å². The SMILES string of the molecule is CCCCCC(C(=O)O)C1(C(=O)c2c(C)cc(C)cc2C)CCCCC1.O=P. The molecule has 1 atom stereocenters. The zero-order valence-corrected chi connectivity index (χ0v) is 18.8. The molecule has 0 amide bonds. The molecule has 0 heterocycles. The van der Waals surface area contributed by atoms with E-state index in [0.29, 0.717) is 19.3 Å². The first-order chi connectivity index (χ1) is 13.3. The average molecular weight is 407 g/mol. The molecular weight excluding hydrogens is 371 g/mol. The minimum atomic E-state index is -0.793. The molecule has 1 aromatic carbocycles. The van der Waals surface area contributed by atoms with Crippen LogP contribution < -0.4 is 0 Å². The fourth-order valence-electron chi connectivity index (χ4n) is 4.94. The molecule has 0 saturated heterocycles. The number of hydrogen-bond donors (Lipinski definition) is 1. The Bertz CT molecular complexity index is 654. The van der Waals surface area contributed by atoms with E-state index in [4.69, 9.17) is 4.57 Å². The maximum atomic E-state index is 13.8. The van der Waals surface area contributed by atoms with Crippen LogP contribution in [0.5, 0.6) is 0 Å². The Morgan fingerprint density at radius 3 is 2.04 bits per heavy atom. The van der Waals surface area contributed by atoms with Crippen molar-refractivity contribution in [2.75, 3.05) is 0 Å². The molecule has 1 fully saturated rings. The van der Waals surface area contributed by atoms with E-state index in [2.05, 4.69) is 6.92 Å². The van der Waals surface area contributed by atoms with Gasteiger partial charge >= 0.3 is 5.97 Å². The number of carbonyl (C=O) groups excluding carboxylic acids is 1. The lowest BCUT2D eigenvalue weighted by Crippen LogP contribution is -2.44. The fraction of sp³-hybridized carbons (Fsp3) is 0.652. The van der Waals surface area contributed by atoms with Crippen molar-refractivity contribution in [2.24, 2.45) is 11.3 Å². The van der Waals surface area contributed by atoms with Crippen LogP contribution in [0.25, 0.3) is 0 Å². The summed E-state index contributed by atoms with van der Waals surface area (Å²) in [7, 11) is 1.72. The number of ketones is 1. The molecule has 1 unspecified atom stereocenters. The van der Waals surface area contributed by atoms with Gasteiger partial charge in [0, 0.05) is 11.0 Å². The van der Waals surface area contributed by atoms with Gasteiger partial charge in [0.1, 0.15) is 9.12 Å². The predicted octanol–water partition coefficient (Wildman–Crippen LogP) is 6.50. The normalized spacial score (nSPS) is 16.6. The Balaban J connectivity index is 0.00000190. The van der Waals surface area contributed by atoms with Gasteiger partial charge in [-0.05, 0) is 51.2 Å². The first-order valence-corrected chi connectivity index (χ1v) is 10.8. The quantitative estimate of drug-likeness (QED) is 0.304. The third kappa shape index (κ3) is 5.50. The number of aryl methyl sites for hydroxylation is 3. The molecule has 0 bridgehead atoms. The molecule has 0 radical (unpaired) electrons. The molecule has 2 rings (SSSR count). The van der Waals surface area contributed by atoms with Gasteiger partial charge in [0.2, 0.25) is 0 Å². The minimum Gasteiger partial charge on any atom is -0.481 e. The van der Waals surface area contributed by atoms with E-state index >= 15 is 0 Å². The molecule has 1 N–H and O–H groups in total. The second-order valence-corrected chi connectivity index (χ2v) is 8.21. The highest BCUT2D eigenvalue weighted by Gasteiger charge is 2.49. The van der Waals surface area contributed by atoms with Crippen LogP contribution in [0.4, 0.5) is 0 Å². The van der Waals surface area contributed by atoms with E-state index in [1.807, 2.05) is 32.9 Å². The number of carboxylic acids is 1. The topological polar surface area (TPSA) is 71.4 Å². The number of aliphatic carboxylic acids is 1. The Kier molecular flexibility index (Phi) is 10.0. The largest absolute Gasteiger partial charge is 0.481 e. The van der Waals surface area contributed by atoms with Crippen molar-refractivity contribution in [3.8, 4) is 0 Å². The molecule has 0 aromatic heterocycles. The Hall–Kier alpha value is -1.54. The first kappa shape index (κ1) is 24.5. The highest BCUT2D eigenvalue weighted by atomic mass is 31.0. The summed E-state index contributed by atoms with van der Waals surface area (Å²) < 4.78 is 8.06. The first-order valence-electron chi connectivity index (χ1n) is 10.4. The van der Waals surface area contributed by atoms with E-state index < -0.39 is 17.3 Å². The van der Waals surface area contributed by atoms with Gasteiger partial charge in [0.05, 0.1) is 5.92 Å². The third-order valence-corrected chi connectivity index (χ3v) is 6.16. The molecule has 0 spiro atoms. The van der Waals surface area contributed by atoms with E-state index in [-0.39, 0.29) is 5.78 Å². The summed E-state index contributed by atoms with van der Waals surface area (Å²) in [5.41, 5.74) is 3.14. The van der Waals surface area contributed by atoms with Gasteiger partial charge in [-0.1, -0.05) is 63.1 Å². The summed E-state index contributed by atoms with van der Waals surface area (Å²) in [4.78, 5) is 26.0. The maximum absolute atomic E-state index is 13.8. The minimum absolute atomic E-state index is 0.0797. The number of carboxylic acid groups (broad SMARTS) is 1. The van der Waals surface area contributed by atoms with Crippen molar-refractivity contribution in [3.05, 3.63) is 34.4 Å². The van der Waals surface area contributed by atoms with Crippen LogP contribution in [0.2, 0.25) is 0 Å². The van der Waals surface area contributed by atoms with Gasteiger partial charge in [0.15, 0.2) is 5.78 Å². The molecule has 1 saturated carbocycles. The lowest BCUT2D eigenvalue weighted by atomic mass is 9.60. The molecule has 5 heteroatoms. The Labute approximate surface area is 171 Å². The van der Waals surface area contributed by atoms with E-state index in [9.17, 15) is 14.7 Å². The van der Waals surface area contributed by atoms with Crippen molar-refractivity contribution in [2.45, 2.75) is 85.5 Å². The zero-order chi connectivity index (χ0) is 21.3. The Morgan fingerprint density at radius 1 is 1.04 bits per heavy atom. The van der Waals surface area contributed by atoms with E-state index in [1.165, 1.54) is 0 Å². The molecule has 0 aliphatic heterocycles. The molecule has 156 valence electrons. The molecular formula is C23H35O4P. The van der Waals surface area contributed by atoms with Gasteiger partial charge in [-0.25, -0.2) is 0 Å². The second kappa shape index (κ2) is 11.5. The lowest BCUT2D eigenvalue weighted by Gasteiger charge is -2.41. The summed E-state index contributed by atoms with van der Waals surface area (Å²) >= 11 is 0. The molecule has 1 aliphatic rings. The van der Waals surface area contributed by atoms with Crippen LogP contribution in [0.1, 0.15) is 91.8 Å². The van der Waals surface area contributed by atoms with Crippen LogP contribution >= 0.6 is 9.12 Å². The second-order valence-electron chi connectivity index (χ2n) is 8.21. The Morgan fingerprint density at radius 2 is 1.57 bits per heavy atom. The summed E-state index contributed by atoms with van der Waals surface area (Å²) in [6, 6.07) is 4.09. The highest BCUT2D eigenvalue weighted by molar-refractivity contribution is 7.00. The van der Waals surface area contributed by atoms with Gasteiger partial charge < -0.3 is 5.11 Å².